The predicted molar refractivity (Wildman–Crippen MR) is 75.7 cm³/mol. The Morgan fingerprint density at radius 2 is 2.47 bits per heavy atom. The number of aromatic nitrogens is 1. The number of carbonyl (C=O) groups is 1. The fourth-order valence-electron chi connectivity index (χ4n) is 2.80. The summed E-state index contributed by atoms with van der Waals surface area (Å²) in [4.78, 5) is 16.6. The van der Waals surface area contributed by atoms with E-state index in [-0.39, 0.29) is 17.5 Å². The molecule has 1 saturated heterocycles. The van der Waals surface area contributed by atoms with Crippen LogP contribution < -0.4 is 10.6 Å². The largest absolute Gasteiger partial charge is 0.348 e. The molecule has 0 aliphatic carbocycles. The van der Waals surface area contributed by atoms with Crippen molar-refractivity contribution in [1.82, 2.24) is 15.6 Å². The predicted octanol–water partition coefficient (Wildman–Crippen LogP) is 2.18. The summed E-state index contributed by atoms with van der Waals surface area (Å²) in [5.41, 5.74) is 0.686. The van der Waals surface area contributed by atoms with Gasteiger partial charge in [-0.25, -0.2) is 0 Å². The zero-order valence-electron chi connectivity index (χ0n) is 11.8. The Morgan fingerprint density at radius 3 is 3.05 bits per heavy atom. The third kappa shape index (κ3) is 3.13. The first kappa shape index (κ1) is 14.0. The summed E-state index contributed by atoms with van der Waals surface area (Å²) in [5.74, 6) is 0.128. The van der Waals surface area contributed by atoms with Gasteiger partial charge in [0.2, 0.25) is 5.91 Å². The van der Waals surface area contributed by atoms with Crippen LogP contribution in [0.5, 0.6) is 0 Å². The molecule has 2 rings (SSSR count). The van der Waals surface area contributed by atoms with Gasteiger partial charge < -0.3 is 10.6 Å². The van der Waals surface area contributed by atoms with Crippen LogP contribution in [0.4, 0.5) is 0 Å². The lowest BCUT2D eigenvalue weighted by Gasteiger charge is -2.29. The molecule has 2 heterocycles. The van der Waals surface area contributed by atoms with Gasteiger partial charge in [0, 0.05) is 12.4 Å². The van der Waals surface area contributed by atoms with Crippen molar-refractivity contribution in [3.8, 4) is 0 Å². The average Bonchev–Trinajstić information content (AvgIpc) is 2.90. The van der Waals surface area contributed by atoms with E-state index in [2.05, 4.69) is 22.5 Å². The maximum absolute atomic E-state index is 12.5. The SMILES string of the molecule is CCCC1(C(=O)N[C@H](C)c2cccnc2)CCCN1. The van der Waals surface area contributed by atoms with E-state index in [1.54, 1.807) is 12.4 Å². The number of carbonyl (C=O) groups excluding carboxylic acids is 1. The number of hydrogen-bond acceptors (Lipinski definition) is 3. The van der Waals surface area contributed by atoms with Crippen molar-refractivity contribution in [2.24, 2.45) is 0 Å². The quantitative estimate of drug-likeness (QED) is 0.854. The molecule has 0 bridgehead atoms. The molecule has 0 aromatic carbocycles. The minimum Gasteiger partial charge on any atom is -0.348 e. The number of pyridine rings is 1. The Bertz CT molecular complexity index is 413. The molecule has 1 fully saturated rings. The molecular weight excluding hydrogens is 238 g/mol. The van der Waals surface area contributed by atoms with Crippen molar-refractivity contribution in [2.45, 2.75) is 51.1 Å². The van der Waals surface area contributed by atoms with E-state index >= 15 is 0 Å². The summed E-state index contributed by atoms with van der Waals surface area (Å²) in [6.45, 7) is 5.07. The molecule has 2 N–H and O–H groups in total. The number of rotatable bonds is 5. The second-order valence-corrected chi connectivity index (χ2v) is 5.34. The second-order valence-electron chi connectivity index (χ2n) is 5.34. The first-order chi connectivity index (χ1) is 9.18. The number of nitrogens with zero attached hydrogens (tertiary/aromatic N) is 1. The Morgan fingerprint density at radius 1 is 1.63 bits per heavy atom. The lowest BCUT2D eigenvalue weighted by Crippen LogP contribution is -2.53. The van der Waals surface area contributed by atoms with E-state index in [9.17, 15) is 4.79 Å². The molecule has 2 atom stereocenters. The first-order valence-corrected chi connectivity index (χ1v) is 7.14. The molecule has 1 amide bonds. The van der Waals surface area contributed by atoms with Crippen LogP contribution in [-0.2, 0) is 4.79 Å². The highest BCUT2D eigenvalue weighted by molar-refractivity contribution is 5.87. The van der Waals surface area contributed by atoms with E-state index in [0.717, 1.165) is 37.8 Å². The Labute approximate surface area is 115 Å². The van der Waals surface area contributed by atoms with E-state index in [0.29, 0.717) is 0 Å². The summed E-state index contributed by atoms with van der Waals surface area (Å²) >= 11 is 0. The summed E-state index contributed by atoms with van der Waals surface area (Å²) < 4.78 is 0. The van der Waals surface area contributed by atoms with Gasteiger partial charge in [-0.05, 0) is 44.4 Å². The van der Waals surface area contributed by atoms with E-state index < -0.39 is 0 Å². The van der Waals surface area contributed by atoms with Gasteiger partial charge in [-0.15, -0.1) is 0 Å². The van der Waals surface area contributed by atoms with Crippen molar-refractivity contribution < 1.29 is 4.79 Å². The summed E-state index contributed by atoms with van der Waals surface area (Å²) in [6.07, 6.45) is 7.48. The molecule has 19 heavy (non-hydrogen) atoms. The summed E-state index contributed by atoms with van der Waals surface area (Å²) in [6, 6.07) is 3.89. The van der Waals surface area contributed by atoms with Crippen LogP contribution in [0.15, 0.2) is 24.5 Å². The molecule has 1 aliphatic rings. The highest BCUT2D eigenvalue weighted by atomic mass is 16.2. The molecule has 1 aromatic rings. The highest BCUT2D eigenvalue weighted by Crippen LogP contribution is 2.26. The van der Waals surface area contributed by atoms with Gasteiger partial charge in [0.15, 0.2) is 0 Å². The maximum Gasteiger partial charge on any atom is 0.240 e. The van der Waals surface area contributed by atoms with Gasteiger partial charge in [-0.3, -0.25) is 9.78 Å². The normalized spacial score (nSPS) is 24.1. The van der Waals surface area contributed by atoms with Gasteiger partial charge in [0.1, 0.15) is 0 Å². The van der Waals surface area contributed by atoms with Crippen molar-refractivity contribution in [3.05, 3.63) is 30.1 Å². The summed E-state index contributed by atoms with van der Waals surface area (Å²) in [7, 11) is 0. The van der Waals surface area contributed by atoms with Crippen molar-refractivity contribution >= 4 is 5.91 Å². The number of nitrogens with one attached hydrogen (secondary N) is 2. The van der Waals surface area contributed by atoms with Crippen molar-refractivity contribution in [1.29, 1.82) is 0 Å². The zero-order chi connectivity index (χ0) is 13.7. The maximum atomic E-state index is 12.5. The van der Waals surface area contributed by atoms with Crippen LogP contribution in [0.3, 0.4) is 0 Å². The molecule has 104 valence electrons. The van der Waals surface area contributed by atoms with E-state index in [4.69, 9.17) is 0 Å². The Hall–Kier alpha value is -1.42. The fraction of sp³-hybridized carbons (Fsp3) is 0.600. The number of amides is 1. The van der Waals surface area contributed by atoms with Gasteiger partial charge in [0.25, 0.3) is 0 Å². The topological polar surface area (TPSA) is 54.0 Å². The molecule has 0 spiro atoms. The third-order valence-corrected chi connectivity index (χ3v) is 3.89. The average molecular weight is 261 g/mol. The zero-order valence-corrected chi connectivity index (χ0v) is 11.8. The van der Waals surface area contributed by atoms with Crippen molar-refractivity contribution in [3.63, 3.8) is 0 Å². The van der Waals surface area contributed by atoms with E-state index in [1.807, 2.05) is 19.1 Å². The van der Waals surface area contributed by atoms with Crippen LogP contribution in [0.1, 0.15) is 51.1 Å². The molecule has 0 radical (unpaired) electrons. The Kier molecular flexibility index (Phi) is 4.53. The second kappa shape index (κ2) is 6.15. The monoisotopic (exact) mass is 261 g/mol. The minimum absolute atomic E-state index is 0.00247. The van der Waals surface area contributed by atoms with Gasteiger partial charge >= 0.3 is 0 Å². The van der Waals surface area contributed by atoms with Crippen LogP contribution in [0.2, 0.25) is 0 Å². The molecule has 4 heteroatoms. The van der Waals surface area contributed by atoms with Crippen LogP contribution in [0, 0.1) is 0 Å². The first-order valence-electron chi connectivity index (χ1n) is 7.14. The van der Waals surface area contributed by atoms with Crippen molar-refractivity contribution in [2.75, 3.05) is 6.54 Å². The molecular formula is C15H23N3O. The lowest BCUT2D eigenvalue weighted by atomic mass is 9.90. The van der Waals surface area contributed by atoms with Gasteiger partial charge in [-0.2, -0.15) is 0 Å². The van der Waals surface area contributed by atoms with Gasteiger partial charge in [0.05, 0.1) is 11.6 Å². The third-order valence-electron chi connectivity index (χ3n) is 3.89. The molecule has 1 aromatic heterocycles. The smallest absolute Gasteiger partial charge is 0.240 e. The Balaban J connectivity index is 2.03. The highest BCUT2D eigenvalue weighted by Gasteiger charge is 2.40. The summed E-state index contributed by atoms with van der Waals surface area (Å²) in [5, 5.41) is 6.52. The molecule has 1 unspecified atom stereocenters. The van der Waals surface area contributed by atoms with Crippen LogP contribution in [0.25, 0.3) is 0 Å². The van der Waals surface area contributed by atoms with Gasteiger partial charge in [-0.1, -0.05) is 19.4 Å². The fourth-order valence-corrected chi connectivity index (χ4v) is 2.80. The molecule has 1 aliphatic heterocycles. The molecule has 0 saturated carbocycles. The number of hydrogen-bond donors (Lipinski definition) is 2. The van der Waals surface area contributed by atoms with Crippen LogP contribution >= 0.6 is 0 Å². The molecule has 4 nitrogen and oxygen atoms in total. The minimum atomic E-state index is -0.356. The lowest BCUT2D eigenvalue weighted by molar-refractivity contribution is -0.128. The van der Waals surface area contributed by atoms with Crippen LogP contribution in [-0.4, -0.2) is 23.0 Å². The standard InChI is InChI=1S/C15H23N3O/c1-3-7-15(8-5-10-17-15)14(19)18-12(2)13-6-4-9-16-11-13/h4,6,9,11-12,17H,3,5,7-8,10H2,1-2H3,(H,18,19)/t12-,15?/m1/s1. The van der Waals surface area contributed by atoms with E-state index in [1.165, 1.54) is 0 Å².